The number of anilines is 1. The average molecular weight is 374 g/mol. The van der Waals surface area contributed by atoms with Crippen molar-refractivity contribution in [2.75, 3.05) is 5.73 Å². The van der Waals surface area contributed by atoms with Crippen LogP contribution < -0.4 is 16.6 Å². The molecule has 1 unspecified atom stereocenters. The fourth-order valence-corrected chi connectivity index (χ4v) is 2.97. The predicted molar refractivity (Wildman–Crippen MR) is 98.7 cm³/mol. The fraction of sp³-hybridized carbons (Fsp3) is 0.176. The average Bonchev–Trinajstić information content (AvgIpc) is 2.60. The summed E-state index contributed by atoms with van der Waals surface area (Å²) in [4.78, 5) is 32.8. The van der Waals surface area contributed by atoms with Crippen molar-refractivity contribution in [3.8, 4) is 5.69 Å². The van der Waals surface area contributed by atoms with Gasteiger partial charge in [0.15, 0.2) is 0 Å². The number of fused-ring (bicyclic) bond motifs is 1. The van der Waals surface area contributed by atoms with Gasteiger partial charge in [0, 0.05) is 0 Å². The molecule has 1 amide bonds. The summed E-state index contributed by atoms with van der Waals surface area (Å²) in [7, 11) is 0. The standard InChI is InChI=1S/C17H16ClN5O3/c1-2-11(22-17(25)26)15-21-12-5-3-4-10(18)14(12)16(24)23(15)9-6-7-13(19)20-8-9/h3-8,11,22H,2H2,1H3,(H2,19,20)(H,25,26). The van der Waals surface area contributed by atoms with E-state index >= 15 is 0 Å². The van der Waals surface area contributed by atoms with Gasteiger partial charge in [-0.15, -0.1) is 0 Å². The van der Waals surface area contributed by atoms with Crippen LogP contribution in [0.1, 0.15) is 25.2 Å². The highest BCUT2D eigenvalue weighted by Gasteiger charge is 2.22. The summed E-state index contributed by atoms with van der Waals surface area (Å²) in [5, 5.41) is 12.0. The molecule has 0 aliphatic carbocycles. The molecular weight excluding hydrogens is 358 g/mol. The predicted octanol–water partition coefficient (Wildman–Crippen LogP) is 2.74. The Morgan fingerprint density at radius 1 is 1.38 bits per heavy atom. The molecule has 26 heavy (non-hydrogen) atoms. The second-order valence-electron chi connectivity index (χ2n) is 5.60. The minimum absolute atomic E-state index is 0.250. The zero-order valence-electron chi connectivity index (χ0n) is 13.8. The van der Waals surface area contributed by atoms with Gasteiger partial charge in [-0.3, -0.25) is 9.36 Å². The fourth-order valence-electron chi connectivity index (χ4n) is 2.72. The van der Waals surface area contributed by atoms with Crippen LogP contribution in [0.2, 0.25) is 5.02 Å². The van der Waals surface area contributed by atoms with Crippen LogP contribution in [0.25, 0.3) is 16.6 Å². The highest BCUT2D eigenvalue weighted by atomic mass is 35.5. The maximum atomic E-state index is 13.2. The van der Waals surface area contributed by atoms with Gasteiger partial charge in [0.05, 0.1) is 33.9 Å². The van der Waals surface area contributed by atoms with Crippen molar-refractivity contribution >= 4 is 34.4 Å². The number of halogens is 1. The van der Waals surface area contributed by atoms with Gasteiger partial charge in [0.1, 0.15) is 11.6 Å². The van der Waals surface area contributed by atoms with Crippen LogP contribution in [0.3, 0.4) is 0 Å². The van der Waals surface area contributed by atoms with Crippen LogP contribution in [-0.2, 0) is 0 Å². The van der Waals surface area contributed by atoms with E-state index in [1.165, 1.54) is 10.8 Å². The molecule has 2 aromatic heterocycles. The summed E-state index contributed by atoms with van der Waals surface area (Å²) in [6, 6.07) is 7.41. The van der Waals surface area contributed by atoms with E-state index in [4.69, 9.17) is 22.4 Å². The molecular formula is C17H16ClN5O3. The van der Waals surface area contributed by atoms with Gasteiger partial charge >= 0.3 is 6.09 Å². The molecule has 0 saturated heterocycles. The SMILES string of the molecule is CCC(NC(=O)O)c1nc2cccc(Cl)c2c(=O)n1-c1ccc(N)nc1. The maximum absolute atomic E-state index is 13.2. The van der Waals surface area contributed by atoms with Gasteiger partial charge in [-0.1, -0.05) is 24.6 Å². The number of hydrogen-bond acceptors (Lipinski definition) is 5. The Morgan fingerprint density at radius 2 is 2.15 bits per heavy atom. The van der Waals surface area contributed by atoms with Crippen molar-refractivity contribution in [1.82, 2.24) is 19.9 Å². The molecule has 0 radical (unpaired) electrons. The molecule has 134 valence electrons. The van der Waals surface area contributed by atoms with Crippen molar-refractivity contribution in [1.29, 1.82) is 0 Å². The van der Waals surface area contributed by atoms with Crippen LogP contribution in [0.15, 0.2) is 41.3 Å². The Labute approximate surface area is 153 Å². The molecule has 3 aromatic rings. The summed E-state index contributed by atoms with van der Waals surface area (Å²) < 4.78 is 1.31. The van der Waals surface area contributed by atoms with E-state index in [9.17, 15) is 9.59 Å². The minimum Gasteiger partial charge on any atom is -0.465 e. The smallest absolute Gasteiger partial charge is 0.405 e. The summed E-state index contributed by atoms with van der Waals surface area (Å²) in [5.41, 5.74) is 6.02. The third-order valence-electron chi connectivity index (χ3n) is 3.92. The molecule has 0 saturated carbocycles. The second kappa shape index (κ2) is 7.01. The van der Waals surface area contributed by atoms with E-state index in [-0.39, 0.29) is 16.2 Å². The lowest BCUT2D eigenvalue weighted by molar-refractivity contribution is 0.188. The lowest BCUT2D eigenvalue weighted by Gasteiger charge is -2.20. The molecule has 1 aromatic carbocycles. The monoisotopic (exact) mass is 373 g/mol. The van der Waals surface area contributed by atoms with Crippen molar-refractivity contribution in [2.24, 2.45) is 0 Å². The molecule has 0 spiro atoms. The quantitative estimate of drug-likeness (QED) is 0.646. The van der Waals surface area contributed by atoms with E-state index in [0.717, 1.165) is 0 Å². The number of hydrogen-bond donors (Lipinski definition) is 3. The molecule has 0 aliphatic heterocycles. The van der Waals surface area contributed by atoms with Gasteiger partial charge < -0.3 is 16.2 Å². The van der Waals surface area contributed by atoms with E-state index in [1.807, 2.05) is 0 Å². The summed E-state index contributed by atoms with van der Waals surface area (Å²) in [5.74, 6) is 0.548. The first-order valence-corrected chi connectivity index (χ1v) is 8.22. The maximum Gasteiger partial charge on any atom is 0.405 e. The number of nitrogens with zero attached hydrogens (tertiary/aromatic N) is 3. The van der Waals surface area contributed by atoms with Crippen molar-refractivity contribution in [3.63, 3.8) is 0 Å². The largest absolute Gasteiger partial charge is 0.465 e. The number of pyridine rings is 1. The number of rotatable bonds is 4. The normalized spacial score (nSPS) is 12.1. The number of amides is 1. The van der Waals surface area contributed by atoms with Gasteiger partial charge in [-0.2, -0.15) is 0 Å². The molecule has 2 heterocycles. The number of nitrogen functional groups attached to an aromatic ring is 1. The van der Waals surface area contributed by atoms with Crippen LogP contribution in [-0.4, -0.2) is 25.7 Å². The number of nitrogens with two attached hydrogens (primary N) is 1. The summed E-state index contributed by atoms with van der Waals surface area (Å²) in [6.07, 6.45) is 0.616. The third kappa shape index (κ3) is 3.18. The van der Waals surface area contributed by atoms with Crippen LogP contribution >= 0.6 is 11.6 Å². The first-order chi connectivity index (χ1) is 12.4. The molecule has 4 N–H and O–H groups in total. The van der Waals surface area contributed by atoms with Crippen molar-refractivity contribution < 1.29 is 9.90 Å². The second-order valence-corrected chi connectivity index (χ2v) is 6.00. The Bertz CT molecular complexity index is 1030. The zero-order valence-corrected chi connectivity index (χ0v) is 14.6. The first kappa shape index (κ1) is 17.7. The van der Waals surface area contributed by atoms with Gasteiger partial charge in [0.25, 0.3) is 5.56 Å². The molecule has 8 nitrogen and oxygen atoms in total. The van der Waals surface area contributed by atoms with E-state index in [2.05, 4.69) is 15.3 Å². The number of carboxylic acid groups (broad SMARTS) is 1. The van der Waals surface area contributed by atoms with E-state index in [1.54, 1.807) is 37.3 Å². The highest BCUT2D eigenvalue weighted by molar-refractivity contribution is 6.35. The van der Waals surface area contributed by atoms with Gasteiger partial charge in [-0.25, -0.2) is 14.8 Å². The minimum atomic E-state index is -1.21. The summed E-state index contributed by atoms with van der Waals surface area (Å²) in [6.45, 7) is 1.79. The molecule has 9 heteroatoms. The van der Waals surface area contributed by atoms with E-state index in [0.29, 0.717) is 23.4 Å². The molecule has 3 rings (SSSR count). The number of carbonyl (C=O) groups is 1. The summed E-state index contributed by atoms with van der Waals surface area (Å²) >= 11 is 6.20. The van der Waals surface area contributed by atoms with Gasteiger partial charge in [-0.05, 0) is 30.7 Å². The lowest BCUT2D eigenvalue weighted by Crippen LogP contribution is -2.33. The first-order valence-electron chi connectivity index (χ1n) is 7.85. The van der Waals surface area contributed by atoms with Crippen LogP contribution in [0, 0.1) is 0 Å². The van der Waals surface area contributed by atoms with E-state index < -0.39 is 17.7 Å². The molecule has 0 aliphatic rings. The Balaban J connectivity index is 2.37. The number of aromatic nitrogens is 3. The Morgan fingerprint density at radius 3 is 2.77 bits per heavy atom. The van der Waals surface area contributed by atoms with Crippen LogP contribution in [0.4, 0.5) is 10.6 Å². The molecule has 0 bridgehead atoms. The molecule has 0 fully saturated rings. The van der Waals surface area contributed by atoms with Crippen molar-refractivity contribution in [3.05, 3.63) is 57.7 Å². The number of benzene rings is 1. The number of nitrogens with one attached hydrogen (secondary N) is 1. The van der Waals surface area contributed by atoms with Crippen molar-refractivity contribution in [2.45, 2.75) is 19.4 Å². The zero-order chi connectivity index (χ0) is 18.8. The van der Waals surface area contributed by atoms with Crippen LogP contribution in [0.5, 0.6) is 0 Å². The highest BCUT2D eigenvalue weighted by Crippen LogP contribution is 2.24. The Hall–Kier alpha value is -3.13. The third-order valence-corrected chi connectivity index (χ3v) is 4.23. The molecule has 1 atom stereocenters. The Kier molecular flexibility index (Phi) is 4.77. The topological polar surface area (TPSA) is 123 Å². The lowest BCUT2D eigenvalue weighted by atomic mass is 10.1. The van der Waals surface area contributed by atoms with Gasteiger partial charge in [0.2, 0.25) is 0 Å².